The first kappa shape index (κ1) is 13.6. The third-order valence-corrected chi connectivity index (χ3v) is 2.95. The van der Waals surface area contributed by atoms with Gasteiger partial charge in [-0.3, -0.25) is 9.48 Å². The predicted molar refractivity (Wildman–Crippen MR) is 73.3 cm³/mol. The lowest BCUT2D eigenvalue weighted by Gasteiger charge is -2.10. The largest absolute Gasteiger partial charge is 0.380 e. The number of methoxy groups -OCH3 is 1. The molecular weight excluding hydrogens is 266 g/mol. The van der Waals surface area contributed by atoms with Crippen molar-refractivity contribution in [2.45, 2.75) is 6.61 Å². The second-order valence-electron chi connectivity index (χ2n) is 4.01. The Morgan fingerprint density at radius 3 is 2.84 bits per heavy atom. The molecule has 5 nitrogen and oxygen atoms in total. The lowest BCUT2D eigenvalue weighted by atomic mass is 10.2. The third kappa shape index (κ3) is 2.94. The Bertz CT molecular complexity index is 576. The van der Waals surface area contributed by atoms with Crippen molar-refractivity contribution in [1.82, 2.24) is 9.78 Å². The molecule has 100 valence electrons. The Labute approximate surface area is 116 Å². The Morgan fingerprint density at radius 2 is 2.21 bits per heavy atom. The minimum atomic E-state index is -0.298. The Hall–Kier alpha value is -1.85. The van der Waals surface area contributed by atoms with E-state index < -0.39 is 0 Å². The zero-order chi connectivity index (χ0) is 13.8. The minimum absolute atomic E-state index is 0.298. The van der Waals surface area contributed by atoms with Gasteiger partial charge in [-0.1, -0.05) is 29.8 Å². The summed E-state index contributed by atoms with van der Waals surface area (Å²) in [5.41, 5.74) is 1.93. The van der Waals surface area contributed by atoms with Gasteiger partial charge in [-0.15, -0.1) is 0 Å². The highest BCUT2D eigenvalue weighted by atomic mass is 35.5. The number of rotatable bonds is 4. The van der Waals surface area contributed by atoms with Crippen LogP contribution in [0.1, 0.15) is 16.1 Å². The fraction of sp³-hybridized carbons (Fsp3) is 0.231. The number of hydrogen-bond donors (Lipinski definition) is 1. The third-order valence-electron chi connectivity index (χ3n) is 2.67. The molecule has 0 aliphatic rings. The lowest BCUT2D eigenvalue weighted by molar-refractivity contribution is 0.101. The SMILES string of the molecule is COCc1ccccc1NC(=O)c1c(Cl)cnn1C. The monoisotopic (exact) mass is 279 g/mol. The molecule has 0 aliphatic heterocycles. The van der Waals surface area contributed by atoms with E-state index in [9.17, 15) is 4.79 Å². The van der Waals surface area contributed by atoms with Gasteiger partial charge in [0.05, 0.1) is 17.8 Å². The molecule has 1 aromatic carbocycles. The van der Waals surface area contributed by atoms with Gasteiger partial charge in [-0.2, -0.15) is 5.10 Å². The number of nitrogens with zero attached hydrogens (tertiary/aromatic N) is 2. The Kier molecular flexibility index (Phi) is 4.19. The molecule has 0 fully saturated rings. The van der Waals surface area contributed by atoms with Crippen LogP contribution in [-0.2, 0) is 18.4 Å². The smallest absolute Gasteiger partial charge is 0.275 e. The molecule has 6 heteroatoms. The van der Waals surface area contributed by atoms with E-state index in [1.165, 1.54) is 10.9 Å². The van der Waals surface area contributed by atoms with Gasteiger partial charge < -0.3 is 10.1 Å². The fourth-order valence-electron chi connectivity index (χ4n) is 1.77. The molecule has 0 saturated heterocycles. The van der Waals surface area contributed by atoms with E-state index in [2.05, 4.69) is 10.4 Å². The van der Waals surface area contributed by atoms with E-state index in [-0.39, 0.29) is 5.91 Å². The number of nitrogens with one attached hydrogen (secondary N) is 1. The first-order valence-electron chi connectivity index (χ1n) is 5.69. The van der Waals surface area contributed by atoms with Gasteiger partial charge in [0, 0.05) is 25.4 Å². The molecule has 2 rings (SSSR count). The molecular formula is C13H14ClN3O2. The molecule has 1 aromatic heterocycles. The van der Waals surface area contributed by atoms with Crippen LogP contribution in [-0.4, -0.2) is 22.8 Å². The van der Waals surface area contributed by atoms with Crippen molar-refractivity contribution in [3.8, 4) is 0 Å². The number of halogens is 1. The molecule has 0 spiro atoms. The number of hydrogen-bond acceptors (Lipinski definition) is 3. The maximum atomic E-state index is 12.2. The number of aromatic nitrogens is 2. The highest BCUT2D eigenvalue weighted by molar-refractivity contribution is 6.34. The number of carbonyl (C=O) groups is 1. The van der Waals surface area contributed by atoms with E-state index in [1.807, 2.05) is 24.3 Å². The van der Waals surface area contributed by atoms with Gasteiger partial charge in [-0.05, 0) is 6.07 Å². The molecule has 0 unspecified atom stereocenters. The van der Waals surface area contributed by atoms with Gasteiger partial charge in [0.25, 0.3) is 5.91 Å². The van der Waals surface area contributed by atoms with Crippen molar-refractivity contribution in [3.05, 3.63) is 46.7 Å². The molecule has 0 bridgehead atoms. The van der Waals surface area contributed by atoms with E-state index >= 15 is 0 Å². The Balaban J connectivity index is 2.24. The van der Waals surface area contributed by atoms with Crippen molar-refractivity contribution in [2.24, 2.45) is 7.05 Å². The van der Waals surface area contributed by atoms with Crippen molar-refractivity contribution >= 4 is 23.2 Å². The van der Waals surface area contributed by atoms with E-state index in [4.69, 9.17) is 16.3 Å². The second kappa shape index (κ2) is 5.86. The molecule has 0 aliphatic carbocycles. The quantitative estimate of drug-likeness (QED) is 0.935. The molecule has 0 radical (unpaired) electrons. The van der Waals surface area contributed by atoms with E-state index in [0.29, 0.717) is 23.0 Å². The summed E-state index contributed by atoms with van der Waals surface area (Å²) in [6.07, 6.45) is 1.44. The normalized spacial score (nSPS) is 10.5. The molecule has 1 heterocycles. The zero-order valence-corrected chi connectivity index (χ0v) is 11.4. The van der Waals surface area contributed by atoms with Gasteiger partial charge in [-0.25, -0.2) is 0 Å². The number of amides is 1. The summed E-state index contributed by atoms with van der Waals surface area (Å²) in [5.74, 6) is -0.298. The summed E-state index contributed by atoms with van der Waals surface area (Å²) in [7, 11) is 3.28. The number of para-hydroxylation sites is 1. The minimum Gasteiger partial charge on any atom is -0.380 e. The molecule has 0 saturated carbocycles. The summed E-state index contributed by atoms with van der Waals surface area (Å²) < 4.78 is 6.53. The highest BCUT2D eigenvalue weighted by Gasteiger charge is 2.16. The number of carbonyl (C=O) groups excluding carboxylic acids is 1. The molecule has 19 heavy (non-hydrogen) atoms. The second-order valence-corrected chi connectivity index (χ2v) is 4.42. The van der Waals surface area contributed by atoms with Crippen molar-refractivity contribution < 1.29 is 9.53 Å². The van der Waals surface area contributed by atoms with Crippen LogP contribution in [0, 0.1) is 0 Å². The maximum absolute atomic E-state index is 12.2. The van der Waals surface area contributed by atoms with Crippen LogP contribution in [0.5, 0.6) is 0 Å². The van der Waals surface area contributed by atoms with Crippen LogP contribution >= 0.6 is 11.6 Å². The molecule has 2 aromatic rings. The van der Waals surface area contributed by atoms with Crippen molar-refractivity contribution in [1.29, 1.82) is 0 Å². The van der Waals surface area contributed by atoms with E-state index in [1.54, 1.807) is 14.2 Å². The topological polar surface area (TPSA) is 56.1 Å². The average Bonchev–Trinajstić information content (AvgIpc) is 2.72. The maximum Gasteiger partial charge on any atom is 0.275 e. The summed E-state index contributed by atoms with van der Waals surface area (Å²) in [6, 6.07) is 7.45. The van der Waals surface area contributed by atoms with Crippen LogP contribution in [0.3, 0.4) is 0 Å². The van der Waals surface area contributed by atoms with Gasteiger partial charge in [0.1, 0.15) is 5.69 Å². The Morgan fingerprint density at radius 1 is 1.47 bits per heavy atom. The summed E-state index contributed by atoms with van der Waals surface area (Å²) in [4.78, 5) is 12.2. The lowest BCUT2D eigenvalue weighted by Crippen LogP contribution is -2.17. The average molecular weight is 280 g/mol. The summed E-state index contributed by atoms with van der Waals surface area (Å²) in [6.45, 7) is 0.426. The first-order valence-corrected chi connectivity index (χ1v) is 6.07. The number of benzene rings is 1. The zero-order valence-electron chi connectivity index (χ0n) is 10.7. The molecule has 0 atom stereocenters. The number of ether oxygens (including phenoxy) is 1. The van der Waals surface area contributed by atoms with Crippen LogP contribution in [0.15, 0.2) is 30.5 Å². The van der Waals surface area contributed by atoms with Crippen LogP contribution in [0.4, 0.5) is 5.69 Å². The molecule has 1 N–H and O–H groups in total. The van der Waals surface area contributed by atoms with E-state index in [0.717, 1.165) is 5.56 Å². The van der Waals surface area contributed by atoms with Crippen LogP contribution in [0.2, 0.25) is 5.02 Å². The van der Waals surface area contributed by atoms with Crippen LogP contribution in [0.25, 0.3) is 0 Å². The fourth-order valence-corrected chi connectivity index (χ4v) is 2.02. The standard InChI is InChI=1S/C13H14ClN3O2/c1-17-12(10(14)7-15-17)13(18)16-11-6-4-3-5-9(11)8-19-2/h3-7H,8H2,1-2H3,(H,16,18). The summed E-state index contributed by atoms with van der Waals surface area (Å²) in [5, 5.41) is 7.08. The molecule has 1 amide bonds. The summed E-state index contributed by atoms with van der Waals surface area (Å²) >= 11 is 5.94. The number of anilines is 1. The van der Waals surface area contributed by atoms with Gasteiger partial charge >= 0.3 is 0 Å². The number of aryl methyl sites for hydroxylation is 1. The van der Waals surface area contributed by atoms with Gasteiger partial charge in [0.15, 0.2) is 0 Å². The first-order chi connectivity index (χ1) is 9.13. The van der Waals surface area contributed by atoms with Crippen LogP contribution < -0.4 is 5.32 Å². The van der Waals surface area contributed by atoms with Gasteiger partial charge in [0.2, 0.25) is 0 Å². The predicted octanol–water partition coefficient (Wildman–Crippen LogP) is 2.47. The van der Waals surface area contributed by atoms with Crippen molar-refractivity contribution in [2.75, 3.05) is 12.4 Å². The highest BCUT2D eigenvalue weighted by Crippen LogP contribution is 2.19. The van der Waals surface area contributed by atoms with Crippen molar-refractivity contribution in [3.63, 3.8) is 0 Å².